The minimum Gasteiger partial charge on any atom is -0.388 e. The molecule has 0 aliphatic heterocycles. The zero-order chi connectivity index (χ0) is 14.9. The first kappa shape index (κ1) is 14.7. The van der Waals surface area contributed by atoms with Gasteiger partial charge in [-0.2, -0.15) is 0 Å². The van der Waals surface area contributed by atoms with Crippen LogP contribution in [-0.2, 0) is 0 Å². The second-order valence-corrected chi connectivity index (χ2v) is 5.64. The molecule has 1 aromatic carbocycles. The number of rotatable bonds is 5. The molecule has 1 aliphatic rings. The molecule has 0 bridgehead atoms. The highest BCUT2D eigenvalue weighted by molar-refractivity contribution is 6.34. The van der Waals surface area contributed by atoms with Crippen LogP contribution >= 0.6 is 11.6 Å². The molecule has 1 amide bonds. The molecule has 0 saturated heterocycles. The highest BCUT2D eigenvalue weighted by Gasteiger charge is 2.40. The summed E-state index contributed by atoms with van der Waals surface area (Å²) < 4.78 is 0. The molecule has 7 heteroatoms. The van der Waals surface area contributed by atoms with E-state index in [2.05, 4.69) is 5.32 Å². The molecule has 1 saturated carbocycles. The number of aliphatic hydroxyl groups is 1. The lowest BCUT2D eigenvalue weighted by molar-refractivity contribution is -0.384. The SMILES string of the molecule is CC(O)(CNC(=O)c1ccc([N+](=O)[O-])cc1Cl)C1CC1. The summed E-state index contributed by atoms with van der Waals surface area (Å²) in [6.07, 6.45) is 1.92. The standard InChI is InChI=1S/C13H15ClN2O4/c1-13(18,8-2-3-8)7-15-12(17)10-5-4-9(16(19)20)6-11(10)14/h4-6,8,18H,2-3,7H2,1H3,(H,15,17). The molecule has 1 aliphatic carbocycles. The molecule has 1 unspecified atom stereocenters. The van der Waals surface area contributed by atoms with Crippen LogP contribution in [0.3, 0.4) is 0 Å². The topological polar surface area (TPSA) is 92.5 Å². The van der Waals surface area contributed by atoms with Gasteiger partial charge in [0.05, 0.1) is 21.1 Å². The summed E-state index contributed by atoms with van der Waals surface area (Å²) in [4.78, 5) is 22.0. The van der Waals surface area contributed by atoms with Crippen LogP contribution in [0.2, 0.25) is 5.02 Å². The Morgan fingerprint density at radius 2 is 2.25 bits per heavy atom. The third-order valence-corrected chi connectivity index (χ3v) is 3.78. The summed E-state index contributed by atoms with van der Waals surface area (Å²) in [5, 5.41) is 23.3. The van der Waals surface area contributed by atoms with Crippen LogP contribution in [0, 0.1) is 16.0 Å². The predicted molar refractivity (Wildman–Crippen MR) is 73.8 cm³/mol. The van der Waals surface area contributed by atoms with Crippen molar-refractivity contribution in [3.05, 3.63) is 38.9 Å². The summed E-state index contributed by atoms with van der Waals surface area (Å²) in [5.74, 6) is -0.235. The van der Waals surface area contributed by atoms with E-state index in [0.717, 1.165) is 18.9 Å². The van der Waals surface area contributed by atoms with Crippen molar-refractivity contribution in [3.8, 4) is 0 Å². The van der Waals surface area contributed by atoms with Gasteiger partial charge in [0.25, 0.3) is 11.6 Å². The molecule has 20 heavy (non-hydrogen) atoms. The average Bonchev–Trinajstić information content (AvgIpc) is 3.20. The van der Waals surface area contributed by atoms with Gasteiger partial charge in [-0.3, -0.25) is 14.9 Å². The van der Waals surface area contributed by atoms with E-state index >= 15 is 0 Å². The van der Waals surface area contributed by atoms with E-state index in [1.54, 1.807) is 6.92 Å². The minimum absolute atomic E-state index is 0.0164. The second-order valence-electron chi connectivity index (χ2n) is 5.24. The van der Waals surface area contributed by atoms with Gasteiger partial charge in [-0.15, -0.1) is 0 Å². The number of nitro benzene ring substituents is 1. The lowest BCUT2D eigenvalue weighted by Gasteiger charge is -2.23. The Kier molecular flexibility index (Phi) is 3.96. The number of amides is 1. The maximum Gasteiger partial charge on any atom is 0.270 e. The fourth-order valence-electron chi connectivity index (χ4n) is 2.01. The van der Waals surface area contributed by atoms with Crippen LogP contribution in [0.15, 0.2) is 18.2 Å². The first-order chi connectivity index (χ1) is 9.31. The molecule has 0 aromatic heterocycles. The van der Waals surface area contributed by atoms with Crippen molar-refractivity contribution in [1.29, 1.82) is 0 Å². The Hall–Kier alpha value is -1.66. The lowest BCUT2D eigenvalue weighted by Crippen LogP contribution is -2.42. The number of halogens is 1. The van der Waals surface area contributed by atoms with Gasteiger partial charge in [0, 0.05) is 18.7 Å². The summed E-state index contributed by atoms with van der Waals surface area (Å²) >= 11 is 5.87. The van der Waals surface area contributed by atoms with Crippen LogP contribution in [0.5, 0.6) is 0 Å². The number of benzene rings is 1. The molecule has 0 radical (unpaired) electrons. The maximum absolute atomic E-state index is 12.0. The largest absolute Gasteiger partial charge is 0.388 e. The predicted octanol–water partition coefficient (Wildman–Crippen LogP) is 2.14. The lowest BCUT2D eigenvalue weighted by atomic mass is 10.0. The molecule has 6 nitrogen and oxygen atoms in total. The summed E-state index contributed by atoms with van der Waals surface area (Å²) in [5.41, 5.74) is -0.941. The molecule has 0 spiro atoms. The number of hydrogen-bond acceptors (Lipinski definition) is 4. The van der Waals surface area contributed by atoms with Crippen LogP contribution in [0.1, 0.15) is 30.1 Å². The van der Waals surface area contributed by atoms with E-state index in [4.69, 9.17) is 11.6 Å². The Bertz CT molecular complexity index is 555. The summed E-state index contributed by atoms with van der Waals surface area (Å²) in [7, 11) is 0. The molecule has 1 aromatic rings. The minimum atomic E-state index is -0.928. The zero-order valence-corrected chi connectivity index (χ0v) is 11.7. The molecular weight excluding hydrogens is 284 g/mol. The van der Waals surface area contributed by atoms with Crippen molar-refractivity contribution in [2.24, 2.45) is 5.92 Å². The van der Waals surface area contributed by atoms with Crippen LogP contribution in [0.25, 0.3) is 0 Å². The smallest absolute Gasteiger partial charge is 0.270 e. The summed E-state index contributed by atoms with van der Waals surface area (Å²) in [6.45, 7) is 1.81. The maximum atomic E-state index is 12.0. The summed E-state index contributed by atoms with van der Waals surface area (Å²) in [6, 6.07) is 3.66. The van der Waals surface area contributed by atoms with Crippen LogP contribution in [0.4, 0.5) is 5.69 Å². The van der Waals surface area contributed by atoms with Crippen LogP contribution in [-0.4, -0.2) is 28.1 Å². The fraction of sp³-hybridized carbons (Fsp3) is 0.462. The fourth-order valence-corrected chi connectivity index (χ4v) is 2.27. The van der Waals surface area contributed by atoms with E-state index in [0.29, 0.717) is 0 Å². The van der Waals surface area contributed by atoms with Crippen molar-refractivity contribution < 1.29 is 14.8 Å². The monoisotopic (exact) mass is 298 g/mol. The quantitative estimate of drug-likeness (QED) is 0.643. The highest BCUT2D eigenvalue weighted by Crippen LogP contribution is 2.39. The van der Waals surface area contributed by atoms with Gasteiger partial charge in [-0.1, -0.05) is 11.6 Å². The molecule has 1 atom stereocenters. The Morgan fingerprint density at radius 3 is 2.75 bits per heavy atom. The van der Waals surface area contributed by atoms with Crippen molar-refractivity contribution >= 4 is 23.2 Å². The third-order valence-electron chi connectivity index (χ3n) is 3.47. The van der Waals surface area contributed by atoms with Gasteiger partial charge < -0.3 is 10.4 Å². The van der Waals surface area contributed by atoms with E-state index in [-0.39, 0.29) is 28.7 Å². The van der Waals surface area contributed by atoms with Crippen LogP contribution < -0.4 is 5.32 Å². The van der Waals surface area contributed by atoms with Gasteiger partial charge >= 0.3 is 0 Å². The normalized spacial score (nSPS) is 17.4. The van der Waals surface area contributed by atoms with E-state index in [1.807, 2.05) is 0 Å². The van der Waals surface area contributed by atoms with Crippen molar-refractivity contribution in [1.82, 2.24) is 5.32 Å². The zero-order valence-electron chi connectivity index (χ0n) is 10.9. The number of carbonyl (C=O) groups excluding carboxylic acids is 1. The third kappa shape index (κ3) is 3.26. The average molecular weight is 299 g/mol. The Balaban J connectivity index is 2.04. The number of nitro groups is 1. The van der Waals surface area contributed by atoms with Gasteiger partial charge in [0.15, 0.2) is 0 Å². The van der Waals surface area contributed by atoms with Crippen molar-refractivity contribution in [2.45, 2.75) is 25.4 Å². The van der Waals surface area contributed by atoms with Gasteiger partial charge in [-0.05, 0) is 31.7 Å². The molecule has 2 N–H and O–H groups in total. The van der Waals surface area contributed by atoms with E-state index in [9.17, 15) is 20.0 Å². The molecule has 1 fully saturated rings. The number of nitrogens with zero attached hydrogens (tertiary/aromatic N) is 1. The highest BCUT2D eigenvalue weighted by atomic mass is 35.5. The Morgan fingerprint density at radius 1 is 1.60 bits per heavy atom. The first-order valence-electron chi connectivity index (χ1n) is 6.26. The van der Waals surface area contributed by atoms with E-state index in [1.165, 1.54) is 12.1 Å². The van der Waals surface area contributed by atoms with Crippen molar-refractivity contribution in [2.75, 3.05) is 6.54 Å². The number of non-ortho nitro benzene ring substituents is 1. The first-order valence-corrected chi connectivity index (χ1v) is 6.63. The van der Waals surface area contributed by atoms with Gasteiger partial charge in [0.1, 0.15) is 0 Å². The number of carbonyl (C=O) groups is 1. The molecule has 2 rings (SSSR count). The van der Waals surface area contributed by atoms with Gasteiger partial charge in [-0.25, -0.2) is 0 Å². The molecular formula is C13H15ClN2O4. The molecule has 0 heterocycles. The second kappa shape index (κ2) is 5.38. The van der Waals surface area contributed by atoms with E-state index < -0.39 is 16.4 Å². The molecule has 108 valence electrons. The number of hydrogen-bond donors (Lipinski definition) is 2. The Labute approximate surface area is 120 Å². The van der Waals surface area contributed by atoms with Gasteiger partial charge in [0.2, 0.25) is 0 Å². The van der Waals surface area contributed by atoms with Crippen molar-refractivity contribution in [3.63, 3.8) is 0 Å². The number of nitrogens with one attached hydrogen (secondary N) is 1.